The molecule has 1 aliphatic carbocycles. The summed E-state index contributed by atoms with van der Waals surface area (Å²) in [5, 5.41) is 4.49. The minimum atomic E-state index is -0.100. The minimum Gasteiger partial charge on any atom is -0.455 e. The van der Waals surface area contributed by atoms with Crippen LogP contribution in [0.3, 0.4) is 0 Å². The van der Waals surface area contributed by atoms with Crippen LogP contribution in [0.25, 0.3) is 99.5 Å². The number of anilines is 3. The van der Waals surface area contributed by atoms with E-state index >= 15 is 0 Å². The van der Waals surface area contributed by atoms with Crippen LogP contribution in [0.2, 0.25) is 0 Å². The van der Waals surface area contributed by atoms with Gasteiger partial charge in [-0.3, -0.25) is 0 Å². The predicted octanol–water partition coefficient (Wildman–Crippen LogP) is 17.9. The minimum absolute atomic E-state index is 0.100. The zero-order valence-corrected chi connectivity index (χ0v) is 36.6. The van der Waals surface area contributed by atoms with Gasteiger partial charge < -0.3 is 13.7 Å². The summed E-state index contributed by atoms with van der Waals surface area (Å²) in [6.45, 7) is 4.71. The molecule has 2 aromatic heterocycles. The van der Waals surface area contributed by atoms with Crippen molar-refractivity contribution in [1.82, 2.24) is 0 Å². The van der Waals surface area contributed by atoms with Crippen molar-refractivity contribution in [1.29, 1.82) is 0 Å². The Morgan fingerprint density at radius 2 is 0.803 bits per heavy atom. The Morgan fingerprint density at radius 1 is 0.303 bits per heavy atom. The lowest BCUT2D eigenvalue weighted by atomic mass is 9.81. The smallest absolute Gasteiger partial charge is 0.143 e. The van der Waals surface area contributed by atoms with Crippen molar-refractivity contribution in [2.75, 3.05) is 4.90 Å². The molecule has 0 bridgehead atoms. The first kappa shape index (κ1) is 38.1. The van der Waals surface area contributed by atoms with E-state index in [1.165, 1.54) is 44.5 Å². The lowest BCUT2D eigenvalue weighted by Gasteiger charge is -2.26. The lowest BCUT2D eigenvalue weighted by Crippen LogP contribution is -2.15. The third kappa shape index (κ3) is 6.04. The number of para-hydroxylation sites is 4. The fraction of sp³-hybridized carbons (Fsp3) is 0.0476. The van der Waals surface area contributed by atoms with Gasteiger partial charge in [-0.2, -0.15) is 0 Å². The molecule has 0 spiro atoms. The molecule has 10 aromatic carbocycles. The third-order valence-electron chi connectivity index (χ3n) is 13.9. The van der Waals surface area contributed by atoms with Crippen LogP contribution >= 0.6 is 0 Å². The summed E-state index contributed by atoms with van der Waals surface area (Å²) in [7, 11) is 0. The summed E-state index contributed by atoms with van der Waals surface area (Å²) in [6.07, 6.45) is 0. The standard InChI is InChI=1S/C63H43NO2/c1-63(2)57-36-30-43(38-56(57)51-35-29-44(39-58(51)63)40-13-4-3-5-14-40)41-25-31-46(32-26-41)64(47-33-27-42(28-34-47)49-19-11-21-54-52-17-6-8-23-59(52)65-61(49)54)48-16-10-15-45(37-48)50-20-12-22-55-53-18-7-9-24-60(53)66-62(50)55/h3-39H,1-2H3. The van der Waals surface area contributed by atoms with E-state index in [1.54, 1.807) is 0 Å². The number of nitrogens with zero attached hydrogens (tertiary/aromatic N) is 1. The maximum absolute atomic E-state index is 6.53. The van der Waals surface area contributed by atoms with E-state index in [1.807, 2.05) is 24.3 Å². The van der Waals surface area contributed by atoms with Gasteiger partial charge in [0, 0.05) is 55.1 Å². The SMILES string of the molecule is CC1(C)c2ccc(-c3ccc(N(c4ccc(-c5cccc6c5oc5ccccc56)cc4)c4cccc(-c5cccc6c5oc5ccccc56)c4)cc3)cc2-c2ccc(-c3ccccc3)cc21. The van der Waals surface area contributed by atoms with Gasteiger partial charge in [0.1, 0.15) is 22.3 Å². The van der Waals surface area contributed by atoms with Crippen LogP contribution in [-0.2, 0) is 5.41 Å². The monoisotopic (exact) mass is 845 g/mol. The first-order chi connectivity index (χ1) is 32.5. The molecule has 0 N–H and O–H groups in total. The van der Waals surface area contributed by atoms with Crippen LogP contribution in [0.1, 0.15) is 25.0 Å². The zero-order chi connectivity index (χ0) is 43.9. The molecule has 0 amide bonds. The van der Waals surface area contributed by atoms with Crippen molar-refractivity contribution in [2.24, 2.45) is 0 Å². The number of benzene rings is 10. The molecule has 0 saturated carbocycles. The van der Waals surface area contributed by atoms with Crippen LogP contribution in [0.15, 0.2) is 233 Å². The first-order valence-corrected chi connectivity index (χ1v) is 22.7. The summed E-state index contributed by atoms with van der Waals surface area (Å²) in [4.78, 5) is 2.35. The molecule has 0 unspecified atom stereocenters. The van der Waals surface area contributed by atoms with Gasteiger partial charge in [0.25, 0.3) is 0 Å². The second-order valence-corrected chi connectivity index (χ2v) is 18.1. The largest absolute Gasteiger partial charge is 0.455 e. The van der Waals surface area contributed by atoms with Gasteiger partial charge in [-0.1, -0.05) is 178 Å². The van der Waals surface area contributed by atoms with Crippen molar-refractivity contribution < 1.29 is 8.83 Å². The Hall–Kier alpha value is -8.40. The van der Waals surface area contributed by atoms with Crippen LogP contribution in [-0.4, -0.2) is 0 Å². The summed E-state index contributed by atoms with van der Waals surface area (Å²) in [5.41, 5.74) is 21.2. The molecule has 0 radical (unpaired) electrons. The fourth-order valence-electron chi connectivity index (χ4n) is 10.5. The number of hydrogen-bond acceptors (Lipinski definition) is 3. The number of furan rings is 2. The molecular formula is C63H43NO2. The van der Waals surface area contributed by atoms with E-state index in [4.69, 9.17) is 8.83 Å². The number of hydrogen-bond donors (Lipinski definition) is 0. The molecule has 2 heterocycles. The molecule has 13 rings (SSSR count). The number of rotatable bonds is 7. The molecule has 0 fully saturated rings. The summed E-state index contributed by atoms with van der Waals surface area (Å²) in [5.74, 6) is 0. The van der Waals surface area contributed by atoms with E-state index in [2.05, 4.69) is 219 Å². The Balaban J connectivity index is 0.899. The topological polar surface area (TPSA) is 29.5 Å². The van der Waals surface area contributed by atoms with E-state index < -0.39 is 0 Å². The van der Waals surface area contributed by atoms with E-state index in [0.717, 1.165) is 83.2 Å². The molecule has 0 aliphatic heterocycles. The highest BCUT2D eigenvalue weighted by molar-refractivity contribution is 6.11. The quantitative estimate of drug-likeness (QED) is 0.160. The molecule has 12 aromatic rings. The van der Waals surface area contributed by atoms with Crippen LogP contribution in [0.5, 0.6) is 0 Å². The molecular weight excluding hydrogens is 803 g/mol. The van der Waals surface area contributed by atoms with Crippen molar-refractivity contribution in [3.63, 3.8) is 0 Å². The molecule has 66 heavy (non-hydrogen) atoms. The average Bonchev–Trinajstić information content (AvgIpc) is 4.02. The second kappa shape index (κ2) is 14.8. The molecule has 3 heteroatoms. The molecule has 312 valence electrons. The predicted molar refractivity (Wildman–Crippen MR) is 275 cm³/mol. The van der Waals surface area contributed by atoms with Crippen LogP contribution in [0, 0.1) is 0 Å². The van der Waals surface area contributed by atoms with Crippen LogP contribution < -0.4 is 4.90 Å². The normalized spacial score (nSPS) is 12.8. The van der Waals surface area contributed by atoms with Gasteiger partial charge in [0.15, 0.2) is 0 Å². The summed E-state index contributed by atoms with van der Waals surface area (Å²) in [6, 6.07) is 80.8. The van der Waals surface area contributed by atoms with Gasteiger partial charge >= 0.3 is 0 Å². The lowest BCUT2D eigenvalue weighted by molar-refractivity contribution is 0.660. The highest BCUT2D eigenvalue weighted by Gasteiger charge is 2.36. The highest BCUT2D eigenvalue weighted by atomic mass is 16.3. The zero-order valence-electron chi connectivity index (χ0n) is 36.6. The molecule has 1 aliphatic rings. The molecule has 0 atom stereocenters. The summed E-state index contributed by atoms with van der Waals surface area (Å²) < 4.78 is 13.0. The Morgan fingerprint density at radius 3 is 1.47 bits per heavy atom. The maximum Gasteiger partial charge on any atom is 0.143 e. The third-order valence-corrected chi connectivity index (χ3v) is 13.9. The first-order valence-electron chi connectivity index (χ1n) is 22.7. The molecule has 3 nitrogen and oxygen atoms in total. The molecule has 0 saturated heterocycles. The number of fused-ring (bicyclic) bond motifs is 9. The van der Waals surface area contributed by atoms with Gasteiger partial charge in [0.05, 0.1) is 0 Å². The van der Waals surface area contributed by atoms with Gasteiger partial charge in [-0.25, -0.2) is 0 Å². The fourth-order valence-corrected chi connectivity index (χ4v) is 10.5. The van der Waals surface area contributed by atoms with Crippen molar-refractivity contribution in [3.05, 3.63) is 236 Å². The van der Waals surface area contributed by atoms with Gasteiger partial charge in [0.2, 0.25) is 0 Å². The highest BCUT2D eigenvalue weighted by Crippen LogP contribution is 2.51. The van der Waals surface area contributed by atoms with Crippen molar-refractivity contribution in [3.8, 4) is 55.6 Å². The maximum atomic E-state index is 6.53. The van der Waals surface area contributed by atoms with Crippen LogP contribution in [0.4, 0.5) is 17.1 Å². The van der Waals surface area contributed by atoms with Crippen molar-refractivity contribution in [2.45, 2.75) is 19.3 Å². The Kier molecular flexibility index (Phi) is 8.56. The van der Waals surface area contributed by atoms with E-state index in [9.17, 15) is 0 Å². The van der Waals surface area contributed by atoms with E-state index in [0.29, 0.717) is 0 Å². The van der Waals surface area contributed by atoms with E-state index in [-0.39, 0.29) is 5.41 Å². The van der Waals surface area contributed by atoms with Gasteiger partial charge in [-0.15, -0.1) is 0 Å². The van der Waals surface area contributed by atoms with Gasteiger partial charge in [-0.05, 0) is 116 Å². The second-order valence-electron chi connectivity index (χ2n) is 18.1. The van der Waals surface area contributed by atoms with Crippen molar-refractivity contribution >= 4 is 60.9 Å². The average molecular weight is 846 g/mol. The Bertz CT molecular complexity index is 3830. The Labute approximate surface area is 383 Å². The summed E-state index contributed by atoms with van der Waals surface area (Å²) >= 11 is 0.